The van der Waals surface area contributed by atoms with Gasteiger partial charge in [0.2, 0.25) is 5.91 Å². The van der Waals surface area contributed by atoms with Gasteiger partial charge in [-0.1, -0.05) is 0 Å². The van der Waals surface area contributed by atoms with Crippen LogP contribution in [0.15, 0.2) is 17.3 Å². The minimum absolute atomic E-state index is 0.0400. The van der Waals surface area contributed by atoms with Crippen LogP contribution >= 0.6 is 8.25 Å². The molecule has 1 fully saturated rings. The van der Waals surface area contributed by atoms with Crippen molar-refractivity contribution < 1.29 is 33.7 Å². The Balaban J connectivity index is 2.51. The molecule has 1 rings (SSSR count). The van der Waals surface area contributed by atoms with Crippen molar-refractivity contribution in [2.75, 3.05) is 6.61 Å². The minimum atomic E-state index is -3.14. The summed E-state index contributed by atoms with van der Waals surface area (Å²) in [5.41, 5.74) is 5.40. The van der Waals surface area contributed by atoms with Gasteiger partial charge >= 0.3 is 8.25 Å². The molecular formula is C10H18N3O7P. The molecule has 1 heterocycles. The second-order valence-corrected chi connectivity index (χ2v) is 5.03. The van der Waals surface area contributed by atoms with E-state index >= 15 is 0 Å². The Morgan fingerprint density at radius 2 is 2.19 bits per heavy atom. The fourth-order valence-corrected chi connectivity index (χ4v) is 1.93. The van der Waals surface area contributed by atoms with Crippen molar-refractivity contribution in [1.29, 1.82) is 0 Å². The van der Waals surface area contributed by atoms with Crippen molar-refractivity contribution in [3.8, 4) is 0 Å². The summed E-state index contributed by atoms with van der Waals surface area (Å²) in [7, 11) is -3.14. The SMILES string of the molecule is CC(=O)/N=C(N)\C=C/NC1OC(CO[PH](=O)O)[C@@H](O)[C@H]1O. The topological polar surface area (TPSA) is 164 Å². The second kappa shape index (κ2) is 8.23. The fraction of sp³-hybridized carbons (Fsp3) is 0.600. The summed E-state index contributed by atoms with van der Waals surface area (Å²) < 4.78 is 20.1. The van der Waals surface area contributed by atoms with Crippen LogP contribution in [-0.2, 0) is 18.6 Å². The summed E-state index contributed by atoms with van der Waals surface area (Å²) in [5.74, 6) is -0.497. The number of carbonyl (C=O) groups excluding carboxylic acids is 1. The molecule has 0 aromatic rings. The Kier molecular flexibility index (Phi) is 6.96. The quantitative estimate of drug-likeness (QED) is 0.208. The summed E-state index contributed by atoms with van der Waals surface area (Å²) in [6, 6.07) is 0. The lowest BCUT2D eigenvalue weighted by Gasteiger charge is -2.14. The van der Waals surface area contributed by atoms with Gasteiger partial charge in [-0.3, -0.25) is 9.36 Å². The molecule has 0 bridgehead atoms. The zero-order valence-electron chi connectivity index (χ0n) is 11.2. The van der Waals surface area contributed by atoms with Gasteiger partial charge in [0.25, 0.3) is 0 Å². The van der Waals surface area contributed by atoms with Crippen molar-refractivity contribution in [3.05, 3.63) is 12.3 Å². The van der Waals surface area contributed by atoms with Gasteiger partial charge in [0.15, 0.2) is 6.23 Å². The molecule has 21 heavy (non-hydrogen) atoms. The summed E-state index contributed by atoms with van der Waals surface area (Å²) in [5, 5.41) is 22.0. The molecule has 0 aromatic heterocycles. The minimum Gasteiger partial charge on any atom is -0.387 e. The van der Waals surface area contributed by atoms with E-state index < -0.39 is 38.7 Å². The molecule has 1 aliphatic rings. The van der Waals surface area contributed by atoms with Crippen molar-refractivity contribution in [2.24, 2.45) is 10.7 Å². The molecule has 0 aliphatic carbocycles. The van der Waals surface area contributed by atoms with Crippen LogP contribution in [0.25, 0.3) is 0 Å². The Morgan fingerprint density at radius 1 is 1.52 bits per heavy atom. The van der Waals surface area contributed by atoms with Gasteiger partial charge in [0.05, 0.1) is 6.61 Å². The van der Waals surface area contributed by atoms with Gasteiger partial charge in [-0.15, -0.1) is 0 Å². The molecule has 11 heteroatoms. The highest BCUT2D eigenvalue weighted by atomic mass is 31.1. The standard InChI is InChI=1S/C10H18N3O7P/c1-5(14)13-7(11)2-3-12-10-9(16)8(15)6(20-10)4-19-21(17)18/h2-3,6,8-10,12,15-16,21H,4H2,1H3,(H,17,18)(H2,11,13,14)/b3-2-/t6?,8-,9-,10?/m1/s1. The summed E-state index contributed by atoms with van der Waals surface area (Å²) in [6.45, 7) is 0.911. The van der Waals surface area contributed by atoms with Crippen LogP contribution in [0.2, 0.25) is 0 Å². The van der Waals surface area contributed by atoms with Crippen LogP contribution in [0, 0.1) is 0 Å². The zero-order chi connectivity index (χ0) is 16.0. The predicted molar refractivity (Wildman–Crippen MR) is 72.4 cm³/mol. The number of nitrogens with zero attached hydrogens (tertiary/aromatic N) is 1. The average Bonchev–Trinajstić information content (AvgIpc) is 2.63. The van der Waals surface area contributed by atoms with E-state index in [2.05, 4.69) is 14.8 Å². The molecule has 0 radical (unpaired) electrons. The average molecular weight is 323 g/mol. The highest BCUT2D eigenvalue weighted by molar-refractivity contribution is 7.32. The molecule has 1 aliphatic heterocycles. The molecule has 0 saturated carbocycles. The van der Waals surface area contributed by atoms with E-state index in [1.807, 2.05) is 0 Å². The number of amides is 1. The number of aliphatic imine (C=N–C) groups is 1. The summed E-state index contributed by atoms with van der Waals surface area (Å²) in [4.78, 5) is 22.6. The Bertz CT molecular complexity index is 456. The molecule has 5 atom stereocenters. The molecule has 120 valence electrons. The first-order chi connectivity index (χ1) is 9.81. The number of rotatable bonds is 6. The van der Waals surface area contributed by atoms with Crippen molar-refractivity contribution in [3.63, 3.8) is 0 Å². The Labute approximate surface area is 121 Å². The third kappa shape index (κ3) is 5.92. The van der Waals surface area contributed by atoms with Gasteiger partial charge < -0.3 is 35.4 Å². The number of aliphatic hydroxyl groups is 2. The molecule has 10 nitrogen and oxygen atoms in total. The van der Waals surface area contributed by atoms with E-state index in [1.54, 1.807) is 0 Å². The largest absolute Gasteiger partial charge is 0.387 e. The molecular weight excluding hydrogens is 305 g/mol. The number of nitrogens with two attached hydrogens (primary N) is 1. The van der Waals surface area contributed by atoms with Crippen LogP contribution in [0.4, 0.5) is 0 Å². The molecule has 3 unspecified atom stereocenters. The van der Waals surface area contributed by atoms with Gasteiger partial charge in [-0.25, -0.2) is 0 Å². The van der Waals surface area contributed by atoms with Crippen LogP contribution in [0.1, 0.15) is 6.92 Å². The zero-order valence-corrected chi connectivity index (χ0v) is 12.2. The van der Waals surface area contributed by atoms with Crippen molar-refractivity contribution in [1.82, 2.24) is 5.32 Å². The Hall–Kier alpha value is -1.29. The van der Waals surface area contributed by atoms with Gasteiger partial charge in [-0.2, -0.15) is 4.99 Å². The molecule has 1 amide bonds. The summed E-state index contributed by atoms with van der Waals surface area (Å²) in [6.07, 6.45) is -1.89. The van der Waals surface area contributed by atoms with Gasteiger partial charge in [0.1, 0.15) is 24.1 Å². The number of ether oxygens (including phenoxy) is 1. The van der Waals surface area contributed by atoms with Crippen LogP contribution in [0.3, 0.4) is 0 Å². The van der Waals surface area contributed by atoms with E-state index in [4.69, 9.17) is 15.4 Å². The monoisotopic (exact) mass is 323 g/mol. The third-order valence-corrected chi connectivity index (χ3v) is 2.95. The summed E-state index contributed by atoms with van der Waals surface area (Å²) >= 11 is 0. The predicted octanol–water partition coefficient (Wildman–Crippen LogP) is -2.16. The second-order valence-electron chi connectivity index (χ2n) is 4.21. The molecule has 0 aromatic carbocycles. The number of hydrogen-bond donors (Lipinski definition) is 5. The third-order valence-electron chi connectivity index (χ3n) is 2.53. The maximum absolute atomic E-state index is 10.7. The Morgan fingerprint density at radius 3 is 2.76 bits per heavy atom. The number of nitrogens with one attached hydrogen (secondary N) is 1. The highest BCUT2D eigenvalue weighted by Gasteiger charge is 2.42. The lowest BCUT2D eigenvalue weighted by molar-refractivity contribution is -0.115. The van der Waals surface area contributed by atoms with E-state index in [-0.39, 0.29) is 12.4 Å². The van der Waals surface area contributed by atoms with E-state index in [9.17, 15) is 19.6 Å². The van der Waals surface area contributed by atoms with Gasteiger partial charge in [-0.05, 0) is 6.08 Å². The van der Waals surface area contributed by atoms with Crippen LogP contribution in [0.5, 0.6) is 0 Å². The number of hydrogen-bond acceptors (Lipinski definition) is 7. The van der Waals surface area contributed by atoms with Crippen molar-refractivity contribution >= 4 is 20.0 Å². The van der Waals surface area contributed by atoms with Crippen molar-refractivity contribution in [2.45, 2.75) is 31.5 Å². The number of carbonyl (C=O) groups is 1. The lowest BCUT2D eigenvalue weighted by atomic mass is 10.1. The van der Waals surface area contributed by atoms with Gasteiger partial charge in [0, 0.05) is 13.1 Å². The van der Waals surface area contributed by atoms with E-state index in [1.165, 1.54) is 19.2 Å². The number of aliphatic hydroxyl groups excluding tert-OH is 2. The molecule has 1 saturated heterocycles. The maximum atomic E-state index is 10.7. The normalized spacial score (nSPS) is 31.5. The molecule has 0 spiro atoms. The van der Waals surface area contributed by atoms with E-state index in [0.29, 0.717) is 0 Å². The maximum Gasteiger partial charge on any atom is 0.316 e. The lowest BCUT2D eigenvalue weighted by Crippen LogP contribution is -2.38. The first-order valence-corrected chi connectivity index (χ1v) is 7.22. The van der Waals surface area contributed by atoms with Crippen LogP contribution in [-0.4, -0.2) is 58.0 Å². The van der Waals surface area contributed by atoms with E-state index in [0.717, 1.165) is 0 Å². The first-order valence-electron chi connectivity index (χ1n) is 5.96. The highest BCUT2D eigenvalue weighted by Crippen LogP contribution is 2.23. The van der Waals surface area contributed by atoms with Crippen LogP contribution < -0.4 is 11.1 Å². The number of amidine groups is 1. The first kappa shape index (κ1) is 17.8. The fourth-order valence-electron chi connectivity index (χ4n) is 1.62. The smallest absolute Gasteiger partial charge is 0.316 e. The molecule has 6 N–H and O–H groups in total.